The van der Waals surface area contributed by atoms with Crippen LogP contribution < -0.4 is 5.73 Å². The number of hydrogen-bond donors (Lipinski definition) is 2. The normalized spacial score (nSPS) is 19.6. The Morgan fingerprint density at radius 1 is 1.59 bits per heavy atom. The maximum atomic E-state index is 12.3. The first-order valence-corrected chi connectivity index (χ1v) is 5.91. The molecule has 3 N–H and O–H groups in total. The number of benzene rings is 1. The SMILES string of the molecule is Cc1ccc(N)c(C(=O)N2CCC[C@H]2CO)c1. The van der Waals surface area contributed by atoms with Gasteiger partial charge < -0.3 is 15.7 Å². The third kappa shape index (κ3) is 2.26. The van der Waals surface area contributed by atoms with Crippen LogP contribution >= 0.6 is 0 Å². The van der Waals surface area contributed by atoms with Gasteiger partial charge in [-0.25, -0.2) is 0 Å². The number of nitrogen functional groups attached to an aromatic ring is 1. The van der Waals surface area contributed by atoms with E-state index in [2.05, 4.69) is 0 Å². The molecule has 0 aliphatic carbocycles. The van der Waals surface area contributed by atoms with E-state index in [1.54, 1.807) is 11.0 Å². The molecule has 17 heavy (non-hydrogen) atoms. The summed E-state index contributed by atoms with van der Waals surface area (Å²) in [6.45, 7) is 2.67. The second-order valence-electron chi connectivity index (χ2n) is 4.57. The summed E-state index contributed by atoms with van der Waals surface area (Å²) in [6.07, 6.45) is 1.82. The molecular weight excluding hydrogens is 216 g/mol. The van der Waals surface area contributed by atoms with Gasteiger partial charge in [0.15, 0.2) is 0 Å². The first-order chi connectivity index (χ1) is 8.13. The Hall–Kier alpha value is -1.55. The Kier molecular flexibility index (Phi) is 3.33. The van der Waals surface area contributed by atoms with Crippen molar-refractivity contribution >= 4 is 11.6 Å². The van der Waals surface area contributed by atoms with Gasteiger partial charge in [0.1, 0.15) is 0 Å². The van der Waals surface area contributed by atoms with Crippen molar-refractivity contribution in [2.45, 2.75) is 25.8 Å². The van der Waals surface area contributed by atoms with Crippen LogP contribution in [0.15, 0.2) is 18.2 Å². The molecule has 1 saturated heterocycles. The molecule has 1 aliphatic heterocycles. The van der Waals surface area contributed by atoms with E-state index in [0.29, 0.717) is 17.8 Å². The van der Waals surface area contributed by atoms with Gasteiger partial charge in [0.25, 0.3) is 5.91 Å². The molecule has 0 unspecified atom stereocenters. The third-order valence-electron chi connectivity index (χ3n) is 3.29. The van der Waals surface area contributed by atoms with Gasteiger partial charge >= 0.3 is 0 Å². The van der Waals surface area contributed by atoms with Crippen molar-refractivity contribution in [2.75, 3.05) is 18.9 Å². The molecule has 0 aromatic heterocycles. The van der Waals surface area contributed by atoms with Crippen molar-refractivity contribution in [3.63, 3.8) is 0 Å². The highest BCUT2D eigenvalue weighted by atomic mass is 16.3. The van der Waals surface area contributed by atoms with Crippen molar-refractivity contribution in [3.05, 3.63) is 29.3 Å². The van der Waals surface area contributed by atoms with Gasteiger partial charge in [0.2, 0.25) is 0 Å². The topological polar surface area (TPSA) is 66.6 Å². The molecule has 4 nitrogen and oxygen atoms in total. The van der Waals surface area contributed by atoms with Gasteiger partial charge in [-0.05, 0) is 31.9 Å². The molecule has 1 heterocycles. The molecule has 1 aromatic rings. The quantitative estimate of drug-likeness (QED) is 0.755. The van der Waals surface area contributed by atoms with Gasteiger partial charge in [-0.15, -0.1) is 0 Å². The predicted octanol–water partition coefficient (Wildman–Crippen LogP) is 1.17. The minimum atomic E-state index is -0.0669. The number of rotatable bonds is 2. The average Bonchev–Trinajstić information content (AvgIpc) is 2.79. The van der Waals surface area contributed by atoms with E-state index in [0.717, 1.165) is 18.4 Å². The second-order valence-corrected chi connectivity index (χ2v) is 4.57. The number of likely N-dealkylation sites (tertiary alicyclic amines) is 1. The number of aliphatic hydroxyl groups excluding tert-OH is 1. The Morgan fingerprint density at radius 2 is 2.35 bits per heavy atom. The number of nitrogens with zero attached hydrogens (tertiary/aromatic N) is 1. The summed E-state index contributed by atoms with van der Waals surface area (Å²) in [4.78, 5) is 14.1. The van der Waals surface area contributed by atoms with E-state index in [9.17, 15) is 9.90 Å². The molecule has 0 radical (unpaired) electrons. The number of hydrogen-bond acceptors (Lipinski definition) is 3. The van der Waals surface area contributed by atoms with Crippen molar-refractivity contribution < 1.29 is 9.90 Å². The molecule has 0 bridgehead atoms. The van der Waals surface area contributed by atoms with Crippen molar-refractivity contribution in [1.29, 1.82) is 0 Å². The highest BCUT2D eigenvalue weighted by Gasteiger charge is 2.29. The number of amides is 1. The average molecular weight is 234 g/mol. The van der Waals surface area contributed by atoms with E-state index < -0.39 is 0 Å². The minimum Gasteiger partial charge on any atom is -0.398 e. The minimum absolute atomic E-state index is 0.0253. The lowest BCUT2D eigenvalue weighted by Crippen LogP contribution is -2.37. The summed E-state index contributed by atoms with van der Waals surface area (Å²) in [5.41, 5.74) is 7.90. The van der Waals surface area contributed by atoms with E-state index in [-0.39, 0.29) is 18.6 Å². The van der Waals surface area contributed by atoms with E-state index >= 15 is 0 Å². The van der Waals surface area contributed by atoms with Crippen LogP contribution in [0.2, 0.25) is 0 Å². The molecule has 0 saturated carbocycles. The highest BCUT2D eigenvalue weighted by Crippen LogP contribution is 2.23. The van der Waals surface area contributed by atoms with E-state index in [1.165, 1.54) is 0 Å². The number of aryl methyl sites for hydroxylation is 1. The molecule has 1 aromatic carbocycles. The predicted molar refractivity (Wildman–Crippen MR) is 66.7 cm³/mol. The summed E-state index contributed by atoms with van der Waals surface area (Å²) in [5.74, 6) is -0.0669. The fraction of sp³-hybridized carbons (Fsp3) is 0.462. The number of anilines is 1. The van der Waals surface area contributed by atoms with Crippen molar-refractivity contribution in [2.24, 2.45) is 0 Å². The number of carbonyl (C=O) groups excluding carboxylic acids is 1. The monoisotopic (exact) mass is 234 g/mol. The third-order valence-corrected chi connectivity index (χ3v) is 3.29. The first kappa shape index (κ1) is 11.9. The highest BCUT2D eigenvalue weighted by molar-refractivity contribution is 5.99. The summed E-state index contributed by atoms with van der Waals surface area (Å²) in [6, 6.07) is 5.40. The van der Waals surface area contributed by atoms with Gasteiger partial charge in [0.05, 0.1) is 18.2 Å². The largest absolute Gasteiger partial charge is 0.398 e. The smallest absolute Gasteiger partial charge is 0.256 e. The fourth-order valence-electron chi connectivity index (χ4n) is 2.30. The summed E-state index contributed by atoms with van der Waals surface area (Å²) >= 11 is 0. The maximum absolute atomic E-state index is 12.3. The van der Waals surface area contributed by atoms with Crippen LogP contribution in [0.25, 0.3) is 0 Å². The van der Waals surface area contributed by atoms with Crippen LogP contribution in [-0.2, 0) is 0 Å². The molecular formula is C13H18N2O2. The van der Waals surface area contributed by atoms with Crippen molar-refractivity contribution in [3.8, 4) is 0 Å². The van der Waals surface area contributed by atoms with Crippen LogP contribution in [0.3, 0.4) is 0 Å². The molecule has 2 rings (SSSR count). The zero-order valence-corrected chi connectivity index (χ0v) is 10.0. The van der Waals surface area contributed by atoms with Gasteiger partial charge in [0, 0.05) is 12.2 Å². The molecule has 0 spiro atoms. The lowest BCUT2D eigenvalue weighted by atomic mass is 10.1. The summed E-state index contributed by atoms with van der Waals surface area (Å²) < 4.78 is 0. The van der Waals surface area contributed by atoms with E-state index in [4.69, 9.17) is 5.73 Å². The van der Waals surface area contributed by atoms with E-state index in [1.807, 2.05) is 19.1 Å². The Morgan fingerprint density at radius 3 is 3.06 bits per heavy atom. The number of carbonyl (C=O) groups is 1. The van der Waals surface area contributed by atoms with Crippen LogP contribution in [0.1, 0.15) is 28.8 Å². The molecule has 1 atom stereocenters. The van der Waals surface area contributed by atoms with Crippen LogP contribution in [0.5, 0.6) is 0 Å². The number of nitrogens with two attached hydrogens (primary N) is 1. The Bertz CT molecular complexity index is 431. The first-order valence-electron chi connectivity index (χ1n) is 5.91. The summed E-state index contributed by atoms with van der Waals surface area (Å²) in [5, 5.41) is 9.23. The second kappa shape index (κ2) is 4.75. The molecule has 92 valence electrons. The van der Waals surface area contributed by atoms with Gasteiger partial charge in [-0.1, -0.05) is 11.6 Å². The maximum Gasteiger partial charge on any atom is 0.256 e. The number of aliphatic hydroxyl groups is 1. The van der Waals surface area contributed by atoms with Gasteiger partial charge in [-0.3, -0.25) is 4.79 Å². The molecule has 4 heteroatoms. The van der Waals surface area contributed by atoms with Crippen LogP contribution in [-0.4, -0.2) is 35.1 Å². The molecule has 1 aliphatic rings. The Balaban J connectivity index is 2.27. The summed E-state index contributed by atoms with van der Waals surface area (Å²) in [7, 11) is 0. The fourth-order valence-corrected chi connectivity index (χ4v) is 2.30. The lowest BCUT2D eigenvalue weighted by molar-refractivity contribution is 0.0678. The van der Waals surface area contributed by atoms with Crippen LogP contribution in [0.4, 0.5) is 5.69 Å². The Labute approximate surface area is 101 Å². The standard InChI is InChI=1S/C13H18N2O2/c1-9-4-5-12(14)11(7-9)13(17)15-6-2-3-10(15)8-16/h4-5,7,10,16H,2-3,6,8,14H2,1H3/t10-/m0/s1. The molecule has 1 amide bonds. The zero-order valence-electron chi connectivity index (χ0n) is 10.0. The zero-order chi connectivity index (χ0) is 12.4. The lowest BCUT2D eigenvalue weighted by Gasteiger charge is -2.23. The van der Waals surface area contributed by atoms with Crippen LogP contribution in [0, 0.1) is 6.92 Å². The molecule has 1 fully saturated rings. The van der Waals surface area contributed by atoms with Crippen molar-refractivity contribution in [1.82, 2.24) is 4.90 Å². The van der Waals surface area contributed by atoms with Gasteiger partial charge in [-0.2, -0.15) is 0 Å².